The zero-order valence-electron chi connectivity index (χ0n) is 8.31. The summed E-state index contributed by atoms with van der Waals surface area (Å²) < 4.78 is 52.8. The predicted octanol–water partition coefficient (Wildman–Crippen LogP) is 3.12. The Labute approximate surface area is 90.4 Å². The summed E-state index contributed by atoms with van der Waals surface area (Å²) in [6.07, 6.45) is -7.11. The van der Waals surface area contributed by atoms with Crippen molar-refractivity contribution in [3.05, 3.63) is 35.9 Å². The van der Waals surface area contributed by atoms with E-state index >= 15 is 0 Å². The molecule has 0 radical (unpaired) electrons. The van der Waals surface area contributed by atoms with E-state index in [-0.39, 0.29) is 5.56 Å². The van der Waals surface area contributed by atoms with Crippen molar-refractivity contribution in [3.63, 3.8) is 0 Å². The van der Waals surface area contributed by atoms with Crippen LogP contribution in [0.1, 0.15) is 11.7 Å². The molecule has 0 spiro atoms. The van der Waals surface area contributed by atoms with Crippen molar-refractivity contribution >= 4 is 7.60 Å². The van der Waals surface area contributed by atoms with Crippen molar-refractivity contribution in [3.8, 4) is 0 Å². The third kappa shape index (κ3) is 3.96. The lowest BCUT2D eigenvalue weighted by Gasteiger charge is -2.22. The second kappa shape index (κ2) is 4.57. The Morgan fingerprint density at radius 2 is 1.81 bits per heavy atom. The van der Waals surface area contributed by atoms with Gasteiger partial charge in [-0.3, -0.25) is 9.09 Å². The minimum Gasteiger partial charge on any atom is -0.324 e. The van der Waals surface area contributed by atoms with Gasteiger partial charge in [-0.15, -0.1) is 0 Å². The van der Waals surface area contributed by atoms with Crippen LogP contribution in [0.25, 0.3) is 0 Å². The van der Waals surface area contributed by atoms with Crippen LogP contribution >= 0.6 is 7.60 Å². The highest BCUT2D eigenvalue weighted by atomic mass is 31.2. The lowest BCUT2D eigenvalue weighted by Crippen LogP contribution is -2.22. The van der Waals surface area contributed by atoms with Gasteiger partial charge >= 0.3 is 13.8 Å². The van der Waals surface area contributed by atoms with E-state index in [1.165, 1.54) is 24.3 Å². The smallest absolute Gasteiger partial charge is 0.324 e. The fourth-order valence-corrected chi connectivity index (χ4v) is 1.77. The summed E-state index contributed by atoms with van der Waals surface area (Å²) >= 11 is 0. The molecule has 1 aromatic carbocycles. The lowest BCUT2D eigenvalue weighted by molar-refractivity contribution is -0.199. The van der Waals surface area contributed by atoms with Crippen LogP contribution in [0.15, 0.2) is 30.3 Å². The molecular weight excluding hydrogens is 244 g/mol. The standard InChI is InChI=1S/C9H10F3O3P/c1-16(13,14)15-8(9(10,11)12)7-5-3-2-4-6-7/h2-6,8H,1H3,(H,13,14). The lowest BCUT2D eigenvalue weighted by atomic mass is 10.1. The maximum absolute atomic E-state index is 12.6. The maximum Gasteiger partial charge on any atom is 0.419 e. The Morgan fingerprint density at radius 1 is 1.31 bits per heavy atom. The van der Waals surface area contributed by atoms with Crippen molar-refractivity contribution in [1.29, 1.82) is 0 Å². The summed E-state index contributed by atoms with van der Waals surface area (Å²) in [6, 6.07) is 6.72. The van der Waals surface area contributed by atoms with Crippen LogP contribution in [0, 0.1) is 0 Å². The Balaban J connectivity index is 3.03. The normalized spacial score (nSPS) is 17.8. The van der Waals surface area contributed by atoms with Gasteiger partial charge in [0.25, 0.3) is 0 Å². The van der Waals surface area contributed by atoms with Crippen LogP contribution in [0.5, 0.6) is 0 Å². The van der Waals surface area contributed by atoms with E-state index in [1.54, 1.807) is 6.07 Å². The SMILES string of the molecule is CP(=O)(O)OC(c1ccccc1)C(F)(F)F. The number of halogens is 3. The van der Waals surface area contributed by atoms with Gasteiger partial charge in [-0.05, 0) is 5.56 Å². The highest BCUT2D eigenvalue weighted by Gasteiger charge is 2.44. The van der Waals surface area contributed by atoms with Crippen molar-refractivity contribution in [2.75, 3.05) is 6.66 Å². The van der Waals surface area contributed by atoms with E-state index in [0.717, 1.165) is 0 Å². The number of hydrogen-bond acceptors (Lipinski definition) is 2. The molecule has 3 nitrogen and oxygen atoms in total. The van der Waals surface area contributed by atoms with E-state index in [4.69, 9.17) is 4.89 Å². The van der Waals surface area contributed by atoms with Crippen LogP contribution in [0.2, 0.25) is 0 Å². The van der Waals surface area contributed by atoms with Crippen LogP contribution in [-0.2, 0) is 9.09 Å². The molecular formula is C9H10F3O3P. The average Bonchev–Trinajstić information content (AvgIpc) is 2.13. The summed E-state index contributed by atoms with van der Waals surface area (Å²) in [5.41, 5.74) is -0.203. The quantitative estimate of drug-likeness (QED) is 0.843. The molecule has 0 saturated carbocycles. The monoisotopic (exact) mass is 254 g/mol. The molecule has 16 heavy (non-hydrogen) atoms. The Hall–Kier alpha value is -0.840. The van der Waals surface area contributed by atoms with Crippen molar-refractivity contribution in [2.45, 2.75) is 12.3 Å². The van der Waals surface area contributed by atoms with E-state index in [1.807, 2.05) is 0 Å². The summed E-state index contributed by atoms with van der Waals surface area (Å²) in [5, 5.41) is 0. The number of hydrogen-bond donors (Lipinski definition) is 1. The van der Waals surface area contributed by atoms with E-state index in [0.29, 0.717) is 6.66 Å². The first-order valence-electron chi connectivity index (χ1n) is 4.30. The molecule has 0 aromatic heterocycles. The Kier molecular flexibility index (Phi) is 3.78. The summed E-state index contributed by atoms with van der Waals surface area (Å²) in [6.45, 7) is 0.717. The predicted molar refractivity (Wildman–Crippen MR) is 52.1 cm³/mol. The van der Waals surface area contributed by atoms with Crippen LogP contribution in [-0.4, -0.2) is 17.7 Å². The van der Waals surface area contributed by atoms with Gasteiger partial charge in [-0.25, -0.2) is 0 Å². The zero-order chi connectivity index (χ0) is 12.4. The molecule has 7 heteroatoms. The molecule has 1 N–H and O–H groups in total. The maximum atomic E-state index is 12.6. The molecule has 0 aliphatic heterocycles. The Bertz CT molecular complexity index is 385. The van der Waals surface area contributed by atoms with Gasteiger partial charge in [0.1, 0.15) is 0 Å². The number of alkyl halides is 3. The van der Waals surface area contributed by atoms with E-state index in [9.17, 15) is 17.7 Å². The van der Waals surface area contributed by atoms with Gasteiger partial charge in [-0.2, -0.15) is 13.2 Å². The molecule has 2 atom stereocenters. The van der Waals surface area contributed by atoms with Gasteiger partial charge in [0.05, 0.1) is 0 Å². The minimum absolute atomic E-state index is 0.203. The molecule has 90 valence electrons. The fraction of sp³-hybridized carbons (Fsp3) is 0.333. The molecule has 0 fully saturated rings. The third-order valence-corrected chi connectivity index (χ3v) is 2.30. The average molecular weight is 254 g/mol. The fourth-order valence-electron chi connectivity index (χ4n) is 1.13. The largest absolute Gasteiger partial charge is 0.419 e. The molecule has 1 aromatic rings. The van der Waals surface area contributed by atoms with Gasteiger partial charge in [0, 0.05) is 6.66 Å². The van der Waals surface area contributed by atoms with Gasteiger partial charge in [0.2, 0.25) is 0 Å². The zero-order valence-corrected chi connectivity index (χ0v) is 9.20. The molecule has 0 bridgehead atoms. The first-order valence-corrected chi connectivity index (χ1v) is 6.33. The third-order valence-electron chi connectivity index (χ3n) is 1.70. The summed E-state index contributed by atoms with van der Waals surface area (Å²) in [7, 11) is -4.20. The number of benzene rings is 1. The molecule has 0 heterocycles. The van der Waals surface area contributed by atoms with Crippen molar-refractivity contribution < 1.29 is 27.2 Å². The molecule has 0 aliphatic rings. The second-order valence-corrected chi connectivity index (χ2v) is 5.06. The summed E-state index contributed by atoms with van der Waals surface area (Å²) in [4.78, 5) is 8.85. The van der Waals surface area contributed by atoms with Crippen molar-refractivity contribution in [1.82, 2.24) is 0 Å². The highest BCUT2D eigenvalue weighted by Crippen LogP contribution is 2.48. The van der Waals surface area contributed by atoms with Gasteiger partial charge < -0.3 is 4.89 Å². The number of rotatable bonds is 3. The minimum atomic E-state index is -4.73. The molecule has 2 unspecified atom stereocenters. The topological polar surface area (TPSA) is 46.5 Å². The molecule has 0 aliphatic carbocycles. The van der Waals surface area contributed by atoms with Crippen molar-refractivity contribution in [2.24, 2.45) is 0 Å². The Morgan fingerprint density at radius 3 is 2.19 bits per heavy atom. The first-order chi connectivity index (χ1) is 7.20. The summed E-state index contributed by atoms with van der Waals surface area (Å²) in [5.74, 6) is 0. The van der Waals surface area contributed by atoms with E-state index < -0.39 is 19.9 Å². The highest BCUT2D eigenvalue weighted by molar-refractivity contribution is 7.51. The molecule has 0 saturated heterocycles. The first kappa shape index (κ1) is 13.2. The van der Waals surface area contributed by atoms with Gasteiger partial charge in [-0.1, -0.05) is 30.3 Å². The van der Waals surface area contributed by atoms with Gasteiger partial charge in [0.15, 0.2) is 6.10 Å². The van der Waals surface area contributed by atoms with Crippen LogP contribution in [0.4, 0.5) is 13.2 Å². The van der Waals surface area contributed by atoms with Crippen LogP contribution < -0.4 is 0 Å². The second-order valence-electron chi connectivity index (χ2n) is 3.24. The molecule has 1 rings (SSSR count). The van der Waals surface area contributed by atoms with E-state index in [2.05, 4.69) is 4.52 Å². The van der Waals surface area contributed by atoms with Crippen LogP contribution in [0.3, 0.4) is 0 Å². The molecule has 0 amide bonds.